The largest absolute Gasteiger partial charge is 0.461 e. The lowest BCUT2D eigenvalue weighted by molar-refractivity contribution is -0.113. The van der Waals surface area contributed by atoms with Gasteiger partial charge in [0.2, 0.25) is 11.8 Å². The zero-order chi connectivity index (χ0) is 22.2. The number of fused-ring (bicyclic) bond motifs is 1. The molecule has 1 unspecified atom stereocenters. The van der Waals surface area contributed by atoms with Crippen LogP contribution in [0.2, 0.25) is 10.0 Å². The summed E-state index contributed by atoms with van der Waals surface area (Å²) in [5, 5.41) is 11.5. The van der Waals surface area contributed by atoms with E-state index >= 15 is 0 Å². The van der Waals surface area contributed by atoms with Crippen LogP contribution in [0.15, 0.2) is 82.6 Å². The van der Waals surface area contributed by atoms with E-state index in [1.54, 1.807) is 35.2 Å². The average molecular weight is 466 g/mol. The molecule has 160 valence electrons. The van der Waals surface area contributed by atoms with E-state index in [1.165, 1.54) is 0 Å². The SMILES string of the molecule is CC1=C(C(=O)Nc2ccccc2)C(c2cccc(Cl)c2Cl)n2nc(-c3ccco3)nc2N1. The summed E-state index contributed by atoms with van der Waals surface area (Å²) in [7, 11) is 0. The number of rotatable bonds is 4. The predicted octanol–water partition coefficient (Wildman–Crippen LogP) is 5.77. The zero-order valence-electron chi connectivity index (χ0n) is 16.8. The van der Waals surface area contributed by atoms with Crippen molar-refractivity contribution in [2.75, 3.05) is 10.6 Å². The van der Waals surface area contributed by atoms with Crippen LogP contribution < -0.4 is 10.6 Å². The summed E-state index contributed by atoms with van der Waals surface area (Å²) in [6, 6.07) is 17.4. The topological polar surface area (TPSA) is 85.0 Å². The van der Waals surface area contributed by atoms with Gasteiger partial charge in [-0.1, -0.05) is 53.5 Å². The molecule has 0 bridgehead atoms. The molecule has 0 aliphatic carbocycles. The van der Waals surface area contributed by atoms with Crippen LogP contribution in [0.25, 0.3) is 11.6 Å². The highest BCUT2D eigenvalue weighted by Gasteiger charge is 2.36. The standard InChI is InChI=1S/C23H17Cl2N5O2/c1-13-18(22(31)27-14-7-3-2-4-8-14)20(15-9-5-10-16(24)19(15)25)30-23(26-13)28-21(29-30)17-11-6-12-32-17/h2-12,20H,1H3,(H,27,31)(H,26,28,29). The van der Waals surface area contributed by atoms with Crippen molar-refractivity contribution in [1.29, 1.82) is 0 Å². The second kappa shape index (κ2) is 8.18. The van der Waals surface area contributed by atoms with Crippen molar-refractivity contribution >= 4 is 40.7 Å². The Labute approximate surface area is 193 Å². The van der Waals surface area contributed by atoms with Gasteiger partial charge in [-0.15, -0.1) is 5.10 Å². The van der Waals surface area contributed by atoms with Gasteiger partial charge in [-0.25, -0.2) is 4.68 Å². The minimum atomic E-state index is -0.655. The van der Waals surface area contributed by atoms with Crippen LogP contribution in [0.5, 0.6) is 0 Å². The fourth-order valence-electron chi connectivity index (χ4n) is 3.69. The van der Waals surface area contributed by atoms with Gasteiger partial charge in [0.1, 0.15) is 6.04 Å². The first-order valence-electron chi connectivity index (χ1n) is 9.81. The molecule has 2 aromatic heterocycles. The van der Waals surface area contributed by atoms with Crippen molar-refractivity contribution in [3.05, 3.63) is 93.8 Å². The molecule has 2 aromatic carbocycles. The molecule has 0 saturated carbocycles. The lowest BCUT2D eigenvalue weighted by atomic mass is 9.95. The average Bonchev–Trinajstić information content (AvgIpc) is 3.45. The minimum absolute atomic E-state index is 0.289. The number of hydrogen-bond donors (Lipinski definition) is 2. The summed E-state index contributed by atoms with van der Waals surface area (Å²) in [6.07, 6.45) is 1.55. The zero-order valence-corrected chi connectivity index (χ0v) is 18.4. The molecule has 1 aliphatic heterocycles. The number of amides is 1. The highest BCUT2D eigenvalue weighted by Crippen LogP contribution is 2.41. The lowest BCUT2D eigenvalue weighted by Gasteiger charge is -2.29. The Kier molecular flexibility index (Phi) is 5.20. The Morgan fingerprint density at radius 2 is 1.91 bits per heavy atom. The number of nitrogens with one attached hydrogen (secondary N) is 2. The van der Waals surface area contributed by atoms with E-state index in [2.05, 4.69) is 20.7 Å². The molecule has 4 aromatic rings. The van der Waals surface area contributed by atoms with Crippen molar-refractivity contribution < 1.29 is 9.21 Å². The van der Waals surface area contributed by atoms with Crippen LogP contribution in [-0.2, 0) is 4.79 Å². The number of nitrogens with zero attached hydrogens (tertiary/aromatic N) is 3. The molecule has 2 N–H and O–H groups in total. The molecule has 3 heterocycles. The van der Waals surface area contributed by atoms with Crippen LogP contribution in [-0.4, -0.2) is 20.7 Å². The van der Waals surface area contributed by atoms with Crippen LogP contribution in [0.1, 0.15) is 18.5 Å². The lowest BCUT2D eigenvalue weighted by Crippen LogP contribution is -2.31. The maximum absolute atomic E-state index is 13.4. The van der Waals surface area contributed by atoms with Crippen molar-refractivity contribution in [3.63, 3.8) is 0 Å². The molecule has 1 aliphatic rings. The van der Waals surface area contributed by atoms with E-state index in [9.17, 15) is 4.79 Å². The summed E-state index contributed by atoms with van der Waals surface area (Å²) in [6.45, 7) is 1.82. The maximum atomic E-state index is 13.4. The molecule has 32 heavy (non-hydrogen) atoms. The quantitative estimate of drug-likeness (QED) is 0.399. The van der Waals surface area contributed by atoms with Crippen LogP contribution in [0.4, 0.5) is 11.6 Å². The third-order valence-corrected chi connectivity index (χ3v) is 5.98. The number of anilines is 2. The van der Waals surface area contributed by atoms with Gasteiger partial charge in [0.15, 0.2) is 5.76 Å². The highest BCUT2D eigenvalue weighted by molar-refractivity contribution is 6.42. The predicted molar refractivity (Wildman–Crippen MR) is 124 cm³/mol. The Balaban J connectivity index is 1.65. The van der Waals surface area contributed by atoms with E-state index in [-0.39, 0.29) is 5.91 Å². The number of halogens is 2. The first kappa shape index (κ1) is 20.4. The van der Waals surface area contributed by atoms with Crippen LogP contribution >= 0.6 is 23.2 Å². The van der Waals surface area contributed by atoms with Crippen LogP contribution in [0, 0.1) is 0 Å². The molecule has 0 fully saturated rings. The van der Waals surface area contributed by atoms with Gasteiger partial charge in [0.05, 0.1) is 21.9 Å². The summed E-state index contributed by atoms with van der Waals surface area (Å²) in [5.74, 6) is 1.07. The number of carbonyl (C=O) groups is 1. The molecule has 7 nitrogen and oxygen atoms in total. The monoisotopic (exact) mass is 465 g/mol. The fraction of sp³-hybridized carbons (Fsp3) is 0.0870. The second-order valence-electron chi connectivity index (χ2n) is 7.21. The molecule has 1 amide bonds. The van der Waals surface area contributed by atoms with E-state index in [0.717, 1.165) is 0 Å². The van der Waals surface area contributed by atoms with Crippen molar-refractivity contribution in [1.82, 2.24) is 14.8 Å². The number of aromatic nitrogens is 3. The minimum Gasteiger partial charge on any atom is -0.461 e. The second-order valence-corrected chi connectivity index (χ2v) is 8.00. The Morgan fingerprint density at radius 3 is 2.66 bits per heavy atom. The van der Waals surface area contributed by atoms with Gasteiger partial charge in [0.25, 0.3) is 5.91 Å². The first-order valence-corrected chi connectivity index (χ1v) is 10.6. The Hall–Kier alpha value is -3.55. The number of para-hydroxylation sites is 1. The van der Waals surface area contributed by atoms with E-state index in [1.807, 2.05) is 43.3 Å². The Bertz CT molecular complexity index is 1330. The molecule has 9 heteroatoms. The van der Waals surface area contributed by atoms with E-state index in [0.29, 0.717) is 50.1 Å². The van der Waals surface area contributed by atoms with Gasteiger partial charge >= 0.3 is 0 Å². The number of furan rings is 1. The summed E-state index contributed by atoms with van der Waals surface area (Å²) in [5.41, 5.74) is 2.39. The van der Waals surface area contributed by atoms with Crippen molar-refractivity contribution in [2.45, 2.75) is 13.0 Å². The molecule has 0 radical (unpaired) electrons. The third kappa shape index (κ3) is 3.55. The number of carbonyl (C=O) groups excluding carboxylic acids is 1. The molecule has 5 rings (SSSR count). The molecular formula is C23H17Cl2N5O2. The summed E-state index contributed by atoms with van der Waals surface area (Å²) >= 11 is 12.9. The molecule has 0 saturated heterocycles. The highest BCUT2D eigenvalue weighted by atomic mass is 35.5. The van der Waals surface area contributed by atoms with Gasteiger partial charge in [-0.05, 0) is 37.3 Å². The van der Waals surface area contributed by atoms with Crippen molar-refractivity contribution in [2.24, 2.45) is 0 Å². The molecular weight excluding hydrogens is 449 g/mol. The van der Waals surface area contributed by atoms with Gasteiger partial charge in [0, 0.05) is 16.9 Å². The number of allylic oxidation sites excluding steroid dienone is 1. The van der Waals surface area contributed by atoms with E-state index < -0.39 is 6.04 Å². The number of hydrogen-bond acceptors (Lipinski definition) is 5. The normalized spacial score (nSPS) is 15.3. The third-order valence-electron chi connectivity index (χ3n) is 5.15. The van der Waals surface area contributed by atoms with Crippen LogP contribution in [0.3, 0.4) is 0 Å². The first-order chi connectivity index (χ1) is 15.5. The van der Waals surface area contributed by atoms with E-state index in [4.69, 9.17) is 27.6 Å². The van der Waals surface area contributed by atoms with Gasteiger partial charge in [-0.2, -0.15) is 4.98 Å². The fourth-order valence-corrected chi connectivity index (χ4v) is 4.11. The summed E-state index contributed by atoms with van der Waals surface area (Å²) < 4.78 is 7.08. The molecule has 1 atom stereocenters. The van der Waals surface area contributed by atoms with Gasteiger partial charge < -0.3 is 15.1 Å². The van der Waals surface area contributed by atoms with Crippen molar-refractivity contribution in [3.8, 4) is 11.6 Å². The maximum Gasteiger partial charge on any atom is 0.255 e. The smallest absolute Gasteiger partial charge is 0.255 e. The Morgan fingerprint density at radius 1 is 1.09 bits per heavy atom. The summed E-state index contributed by atoms with van der Waals surface area (Å²) in [4.78, 5) is 18.0. The molecule has 0 spiro atoms. The van der Waals surface area contributed by atoms with Gasteiger partial charge in [-0.3, -0.25) is 4.79 Å². The number of benzene rings is 2.